The van der Waals surface area contributed by atoms with E-state index in [9.17, 15) is 26.3 Å². The quantitative estimate of drug-likeness (QED) is 0.599. The van der Waals surface area contributed by atoms with Crippen LogP contribution in [0.25, 0.3) is 0 Å². The van der Waals surface area contributed by atoms with Crippen LogP contribution in [0.3, 0.4) is 0 Å². The van der Waals surface area contributed by atoms with Crippen molar-refractivity contribution in [3.8, 4) is 5.75 Å². The Morgan fingerprint density at radius 1 is 1.00 bits per heavy atom. The molecule has 0 amide bonds. The fourth-order valence-corrected chi connectivity index (χ4v) is 1.28. The van der Waals surface area contributed by atoms with E-state index in [0.717, 1.165) is 12.1 Å². The zero-order valence-electron chi connectivity index (χ0n) is 10.4. The first-order valence-electron chi connectivity index (χ1n) is 5.28. The minimum Gasteiger partial charge on any atom is -0.478 e. The van der Waals surface area contributed by atoms with Gasteiger partial charge in [-0.05, 0) is 26.0 Å². The molecule has 0 aliphatic rings. The summed E-state index contributed by atoms with van der Waals surface area (Å²) < 4.78 is 80.6. The summed E-state index contributed by atoms with van der Waals surface area (Å²) in [6.45, 7) is 1.35. The van der Waals surface area contributed by atoms with Gasteiger partial charge in [0.15, 0.2) is 5.60 Å². The Kier molecular flexibility index (Phi) is 3.85. The lowest BCUT2D eigenvalue weighted by molar-refractivity contribution is -0.236. The van der Waals surface area contributed by atoms with Crippen molar-refractivity contribution >= 4 is 13.3 Å². The lowest BCUT2D eigenvalue weighted by atomic mass is 9.94. The monoisotopic (exact) mass is 284 g/mol. The minimum absolute atomic E-state index is 0.376. The first-order chi connectivity index (χ1) is 8.34. The van der Waals surface area contributed by atoms with E-state index in [-0.39, 0.29) is 0 Å². The second-order valence-electron chi connectivity index (χ2n) is 4.61. The molecule has 0 radical (unpaired) electrons. The molecular formula is C11H11BF6O. The van der Waals surface area contributed by atoms with Crippen LogP contribution in [0.2, 0.25) is 0 Å². The molecule has 0 saturated carbocycles. The van der Waals surface area contributed by atoms with Gasteiger partial charge in [0, 0.05) is 0 Å². The van der Waals surface area contributed by atoms with Crippen LogP contribution in [0.15, 0.2) is 18.2 Å². The average Bonchev–Trinajstić information content (AvgIpc) is 2.12. The summed E-state index contributed by atoms with van der Waals surface area (Å²) >= 11 is 0. The van der Waals surface area contributed by atoms with Gasteiger partial charge in [-0.15, -0.1) is 0 Å². The van der Waals surface area contributed by atoms with Gasteiger partial charge < -0.3 is 4.74 Å². The van der Waals surface area contributed by atoms with Crippen molar-refractivity contribution in [3.05, 3.63) is 23.8 Å². The number of alkyl halides is 6. The van der Waals surface area contributed by atoms with Crippen LogP contribution in [-0.2, 0) is 6.18 Å². The van der Waals surface area contributed by atoms with Crippen molar-refractivity contribution in [2.45, 2.75) is 31.8 Å². The van der Waals surface area contributed by atoms with E-state index in [4.69, 9.17) is 0 Å². The largest absolute Gasteiger partial charge is 0.478 e. The zero-order chi connectivity index (χ0) is 15.1. The molecule has 0 fully saturated rings. The maximum Gasteiger partial charge on any atom is 0.427 e. The maximum absolute atomic E-state index is 12.7. The van der Waals surface area contributed by atoms with Crippen LogP contribution < -0.4 is 10.2 Å². The lowest BCUT2D eigenvalue weighted by Gasteiger charge is -2.30. The van der Waals surface area contributed by atoms with Gasteiger partial charge in [-0.1, -0.05) is 11.5 Å². The molecular weight excluding hydrogens is 273 g/mol. The second kappa shape index (κ2) is 4.65. The van der Waals surface area contributed by atoms with Crippen LogP contribution in [0.5, 0.6) is 5.75 Å². The van der Waals surface area contributed by atoms with Gasteiger partial charge in [0.25, 0.3) is 0 Å². The Morgan fingerprint density at radius 3 is 1.95 bits per heavy atom. The molecule has 1 aromatic rings. The Bertz CT molecular complexity index is 463. The molecule has 0 atom stereocenters. The first-order valence-corrected chi connectivity index (χ1v) is 5.28. The molecule has 1 nitrogen and oxygen atoms in total. The number of rotatable bonds is 2. The van der Waals surface area contributed by atoms with E-state index in [1.807, 2.05) is 0 Å². The van der Waals surface area contributed by atoms with Gasteiger partial charge in [-0.2, -0.15) is 26.3 Å². The second-order valence-corrected chi connectivity index (χ2v) is 4.61. The van der Waals surface area contributed by atoms with Crippen molar-refractivity contribution in [2.24, 2.45) is 0 Å². The highest BCUT2D eigenvalue weighted by Gasteiger charge is 2.50. The molecule has 1 rings (SSSR count). The Hall–Kier alpha value is -1.34. The third kappa shape index (κ3) is 3.57. The number of benzene rings is 1. The standard InChI is InChI=1S/C11H11BF6O/c1-9(2,11(16,17)18)19-8-5-6(12)3-4-7(8)10(13,14)15/h3-5H,12H2,1-2H3. The number of halogens is 6. The van der Waals surface area contributed by atoms with Crippen LogP contribution in [0, 0.1) is 0 Å². The first kappa shape index (κ1) is 15.7. The fraction of sp³-hybridized carbons (Fsp3) is 0.455. The Labute approximate surface area is 107 Å². The van der Waals surface area contributed by atoms with Gasteiger partial charge in [0.1, 0.15) is 13.6 Å². The third-order valence-electron chi connectivity index (χ3n) is 2.49. The highest BCUT2D eigenvalue weighted by atomic mass is 19.4. The molecule has 0 aliphatic heterocycles. The van der Waals surface area contributed by atoms with Gasteiger partial charge in [-0.3, -0.25) is 0 Å². The van der Waals surface area contributed by atoms with E-state index < -0.39 is 29.3 Å². The molecule has 0 bridgehead atoms. The topological polar surface area (TPSA) is 9.23 Å². The summed E-state index contributed by atoms with van der Waals surface area (Å²) in [5.41, 5.74) is -3.56. The summed E-state index contributed by atoms with van der Waals surface area (Å²) in [4.78, 5) is 0. The van der Waals surface area contributed by atoms with Crippen molar-refractivity contribution in [1.82, 2.24) is 0 Å². The molecule has 19 heavy (non-hydrogen) atoms. The molecule has 1 aromatic carbocycles. The van der Waals surface area contributed by atoms with Crippen molar-refractivity contribution in [2.75, 3.05) is 0 Å². The Balaban J connectivity index is 3.24. The van der Waals surface area contributed by atoms with E-state index >= 15 is 0 Å². The Morgan fingerprint density at radius 2 is 1.53 bits per heavy atom. The number of ether oxygens (including phenoxy) is 1. The van der Waals surface area contributed by atoms with Crippen LogP contribution in [0.4, 0.5) is 26.3 Å². The molecule has 0 N–H and O–H groups in total. The van der Waals surface area contributed by atoms with Gasteiger partial charge in [0.05, 0.1) is 5.56 Å². The highest BCUT2D eigenvalue weighted by molar-refractivity contribution is 6.32. The average molecular weight is 284 g/mol. The van der Waals surface area contributed by atoms with Gasteiger partial charge in [-0.25, -0.2) is 0 Å². The van der Waals surface area contributed by atoms with Crippen LogP contribution >= 0.6 is 0 Å². The summed E-state index contributed by atoms with van der Waals surface area (Å²) in [7, 11) is 1.47. The van der Waals surface area contributed by atoms with E-state index in [2.05, 4.69) is 4.74 Å². The van der Waals surface area contributed by atoms with Gasteiger partial charge in [0.2, 0.25) is 0 Å². The molecule has 0 spiro atoms. The maximum atomic E-state index is 12.7. The lowest BCUT2D eigenvalue weighted by Crippen LogP contribution is -2.45. The summed E-state index contributed by atoms with van der Waals surface area (Å²) in [6.07, 6.45) is -9.55. The predicted octanol–water partition coefficient (Wildman–Crippen LogP) is 2.68. The van der Waals surface area contributed by atoms with Crippen LogP contribution in [0.1, 0.15) is 19.4 Å². The smallest absolute Gasteiger partial charge is 0.427 e. The molecule has 0 aliphatic carbocycles. The molecule has 0 heterocycles. The highest BCUT2D eigenvalue weighted by Crippen LogP contribution is 2.40. The molecule has 0 unspecified atom stereocenters. The summed E-state index contributed by atoms with van der Waals surface area (Å²) in [5.74, 6) is -0.824. The molecule has 106 valence electrons. The molecule has 0 saturated heterocycles. The minimum atomic E-state index is -4.78. The molecule has 0 aromatic heterocycles. The summed E-state index contributed by atoms with van der Waals surface area (Å²) in [5, 5.41) is 0. The predicted molar refractivity (Wildman–Crippen MR) is 60.4 cm³/mol. The molecule has 8 heteroatoms. The third-order valence-corrected chi connectivity index (χ3v) is 2.49. The summed E-state index contributed by atoms with van der Waals surface area (Å²) in [6, 6.07) is 2.81. The zero-order valence-corrected chi connectivity index (χ0v) is 10.4. The normalized spacial score (nSPS) is 13.5. The SMILES string of the molecule is Bc1ccc(C(F)(F)F)c(OC(C)(C)C(F)(F)F)c1. The van der Waals surface area contributed by atoms with E-state index in [1.165, 1.54) is 7.85 Å². The van der Waals surface area contributed by atoms with Gasteiger partial charge >= 0.3 is 12.4 Å². The van der Waals surface area contributed by atoms with E-state index in [0.29, 0.717) is 25.4 Å². The van der Waals surface area contributed by atoms with Crippen molar-refractivity contribution in [3.63, 3.8) is 0 Å². The van der Waals surface area contributed by atoms with Crippen LogP contribution in [-0.4, -0.2) is 19.6 Å². The van der Waals surface area contributed by atoms with Crippen molar-refractivity contribution in [1.29, 1.82) is 0 Å². The fourth-order valence-electron chi connectivity index (χ4n) is 1.28. The number of hydrogen-bond donors (Lipinski definition) is 0. The number of hydrogen-bond acceptors (Lipinski definition) is 1. The van der Waals surface area contributed by atoms with Crippen molar-refractivity contribution < 1.29 is 31.1 Å². The van der Waals surface area contributed by atoms with E-state index in [1.54, 1.807) is 0 Å².